The van der Waals surface area contributed by atoms with Crippen LogP contribution in [-0.2, 0) is 4.79 Å². The zero-order chi connectivity index (χ0) is 28.4. The first kappa shape index (κ1) is 27.5. The molecule has 1 fully saturated rings. The number of amides is 3. The molecule has 10 heteroatoms. The molecule has 2 aliphatic heterocycles. The lowest BCUT2D eigenvalue weighted by Crippen LogP contribution is -2.55. The Morgan fingerprint density at radius 1 is 1.10 bits per heavy atom. The first-order chi connectivity index (χ1) is 19.2. The average molecular weight is 565 g/mol. The summed E-state index contributed by atoms with van der Waals surface area (Å²) in [7, 11) is 1.56. The van der Waals surface area contributed by atoms with Crippen molar-refractivity contribution in [1.82, 2.24) is 15.1 Å². The summed E-state index contributed by atoms with van der Waals surface area (Å²) in [5.74, 6) is 0.737. The maximum absolute atomic E-state index is 14.6. The first-order valence-corrected chi connectivity index (χ1v) is 13.4. The van der Waals surface area contributed by atoms with E-state index in [4.69, 9.17) is 26.1 Å². The number of amidine groups is 1. The Balaban J connectivity index is 1.72. The van der Waals surface area contributed by atoms with Crippen LogP contribution in [0.25, 0.3) is 0 Å². The van der Waals surface area contributed by atoms with Crippen LogP contribution in [-0.4, -0.2) is 60.4 Å². The molecule has 208 valence electrons. The smallest absolute Gasteiger partial charge is 0.326 e. The van der Waals surface area contributed by atoms with Gasteiger partial charge in [-0.2, -0.15) is 0 Å². The zero-order valence-corrected chi connectivity index (χ0v) is 23.2. The van der Waals surface area contributed by atoms with Crippen molar-refractivity contribution in [2.45, 2.75) is 32.0 Å². The molecule has 0 radical (unpaired) electrons. The molecule has 8 nitrogen and oxygen atoms in total. The van der Waals surface area contributed by atoms with Gasteiger partial charge in [0.05, 0.1) is 24.8 Å². The number of aliphatic imine (C=N–C) groups is 1. The molecule has 0 spiro atoms. The van der Waals surface area contributed by atoms with Crippen LogP contribution in [0.5, 0.6) is 11.5 Å². The first-order valence-electron chi connectivity index (χ1n) is 13.0. The molecule has 3 aromatic carbocycles. The van der Waals surface area contributed by atoms with Crippen molar-refractivity contribution < 1.29 is 23.5 Å². The SMILES string of the molecule is COc1ccc(C2=N[C@@H](c3ccc(Cl)cc3)[C@@H](c3cccc(F)c3)N2C(=O)N2CCNC(=O)C2)c(OC(C)C)c1. The molecule has 0 aromatic heterocycles. The second kappa shape index (κ2) is 11.6. The van der Waals surface area contributed by atoms with Gasteiger partial charge in [0.15, 0.2) is 0 Å². The van der Waals surface area contributed by atoms with Crippen molar-refractivity contribution in [2.24, 2.45) is 4.99 Å². The van der Waals surface area contributed by atoms with Crippen molar-refractivity contribution >= 4 is 29.4 Å². The van der Waals surface area contributed by atoms with Gasteiger partial charge < -0.3 is 19.7 Å². The fourth-order valence-electron chi connectivity index (χ4n) is 5.01. The highest BCUT2D eigenvalue weighted by molar-refractivity contribution is 6.30. The van der Waals surface area contributed by atoms with Gasteiger partial charge in [-0.25, -0.2) is 9.18 Å². The number of halogens is 2. The summed E-state index contributed by atoms with van der Waals surface area (Å²) in [4.78, 5) is 34.7. The maximum atomic E-state index is 14.6. The fourth-order valence-corrected chi connectivity index (χ4v) is 5.13. The number of methoxy groups -OCH3 is 1. The second-order valence-electron chi connectivity index (χ2n) is 9.90. The van der Waals surface area contributed by atoms with Gasteiger partial charge in [0.2, 0.25) is 5.91 Å². The highest BCUT2D eigenvalue weighted by atomic mass is 35.5. The fraction of sp³-hybridized carbons (Fsp3) is 0.300. The predicted molar refractivity (Wildman–Crippen MR) is 150 cm³/mol. The minimum Gasteiger partial charge on any atom is -0.497 e. The van der Waals surface area contributed by atoms with Crippen LogP contribution in [0.2, 0.25) is 5.02 Å². The molecule has 0 bridgehead atoms. The van der Waals surface area contributed by atoms with Crippen LogP contribution >= 0.6 is 11.6 Å². The van der Waals surface area contributed by atoms with E-state index in [1.54, 1.807) is 54.5 Å². The van der Waals surface area contributed by atoms with Gasteiger partial charge in [-0.05, 0) is 61.4 Å². The van der Waals surface area contributed by atoms with E-state index in [0.29, 0.717) is 46.6 Å². The summed E-state index contributed by atoms with van der Waals surface area (Å²) in [6.45, 7) is 4.37. The molecule has 2 atom stereocenters. The molecule has 40 heavy (non-hydrogen) atoms. The van der Waals surface area contributed by atoms with Gasteiger partial charge >= 0.3 is 6.03 Å². The Hall–Kier alpha value is -4.11. The maximum Gasteiger partial charge on any atom is 0.326 e. The van der Waals surface area contributed by atoms with Gasteiger partial charge in [-0.15, -0.1) is 0 Å². The van der Waals surface area contributed by atoms with Crippen LogP contribution in [0.4, 0.5) is 9.18 Å². The number of rotatable bonds is 6. The minimum absolute atomic E-state index is 0.0952. The van der Waals surface area contributed by atoms with Crippen molar-refractivity contribution in [3.8, 4) is 11.5 Å². The largest absolute Gasteiger partial charge is 0.497 e. The van der Waals surface area contributed by atoms with Gasteiger partial charge in [0.25, 0.3) is 0 Å². The van der Waals surface area contributed by atoms with E-state index >= 15 is 0 Å². The zero-order valence-electron chi connectivity index (χ0n) is 22.4. The molecule has 2 heterocycles. The Labute approximate surface area is 237 Å². The molecule has 1 saturated heterocycles. The van der Waals surface area contributed by atoms with E-state index in [1.807, 2.05) is 26.0 Å². The Morgan fingerprint density at radius 2 is 1.88 bits per heavy atom. The third-order valence-corrected chi connectivity index (χ3v) is 7.03. The van der Waals surface area contributed by atoms with E-state index in [1.165, 1.54) is 17.0 Å². The predicted octanol–water partition coefficient (Wildman–Crippen LogP) is 5.37. The molecule has 0 unspecified atom stereocenters. The van der Waals surface area contributed by atoms with Gasteiger partial charge in [0, 0.05) is 24.2 Å². The number of piperazine rings is 1. The van der Waals surface area contributed by atoms with Crippen LogP contribution in [0.3, 0.4) is 0 Å². The standard InChI is InChI=1S/C30H30ClFN4O4/c1-18(2)40-25-16-23(39-3)11-12-24(25)29-34-27(19-7-9-21(31)10-8-19)28(20-5-4-6-22(32)15-20)36(29)30(38)35-14-13-33-26(37)17-35/h4-12,15-16,18,27-28H,13-14,17H2,1-3H3,(H,33,37)/t27-,28+/m0/s1. The molecule has 0 aliphatic carbocycles. The molecule has 3 aromatic rings. The van der Waals surface area contributed by atoms with Crippen LogP contribution in [0.15, 0.2) is 71.7 Å². The van der Waals surface area contributed by atoms with Crippen molar-refractivity contribution in [1.29, 1.82) is 0 Å². The number of benzene rings is 3. The van der Waals surface area contributed by atoms with E-state index < -0.39 is 23.9 Å². The quantitative estimate of drug-likeness (QED) is 0.436. The van der Waals surface area contributed by atoms with Crippen molar-refractivity contribution in [3.63, 3.8) is 0 Å². The van der Waals surface area contributed by atoms with Crippen molar-refractivity contribution in [3.05, 3.63) is 94.3 Å². The third-order valence-electron chi connectivity index (χ3n) is 6.78. The number of urea groups is 1. The minimum atomic E-state index is -0.710. The number of carbonyl (C=O) groups is 2. The lowest BCUT2D eigenvalue weighted by Gasteiger charge is -2.35. The van der Waals surface area contributed by atoms with E-state index in [-0.39, 0.29) is 18.6 Å². The highest BCUT2D eigenvalue weighted by Crippen LogP contribution is 2.45. The van der Waals surface area contributed by atoms with Crippen LogP contribution in [0, 0.1) is 5.82 Å². The van der Waals surface area contributed by atoms with E-state index in [0.717, 1.165) is 5.56 Å². The molecule has 5 rings (SSSR count). The Kier molecular flexibility index (Phi) is 7.93. The molecular weight excluding hydrogens is 535 g/mol. The third kappa shape index (κ3) is 5.60. The lowest BCUT2D eigenvalue weighted by atomic mass is 9.93. The molecular formula is C30H30ClFN4O4. The van der Waals surface area contributed by atoms with Gasteiger partial charge in [-0.3, -0.25) is 14.7 Å². The Morgan fingerprint density at radius 3 is 2.55 bits per heavy atom. The summed E-state index contributed by atoms with van der Waals surface area (Å²) < 4.78 is 26.2. The monoisotopic (exact) mass is 564 g/mol. The highest BCUT2D eigenvalue weighted by Gasteiger charge is 2.45. The van der Waals surface area contributed by atoms with Gasteiger partial charge in [-0.1, -0.05) is 35.9 Å². The number of carbonyl (C=O) groups excluding carboxylic acids is 2. The van der Waals surface area contributed by atoms with Crippen LogP contribution < -0.4 is 14.8 Å². The van der Waals surface area contributed by atoms with Crippen molar-refractivity contribution in [2.75, 3.05) is 26.7 Å². The summed E-state index contributed by atoms with van der Waals surface area (Å²) in [6, 6.07) is 17.0. The topological polar surface area (TPSA) is 83.5 Å². The number of nitrogens with one attached hydrogen (secondary N) is 1. The lowest BCUT2D eigenvalue weighted by molar-refractivity contribution is -0.123. The number of ether oxygens (including phenoxy) is 2. The molecule has 1 N–H and O–H groups in total. The number of hydrogen-bond acceptors (Lipinski definition) is 5. The average Bonchev–Trinajstić information content (AvgIpc) is 3.33. The molecule has 0 saturated carbocycles. The normalized spacial score (nSPS) is 18.9. The summed E-state index contributed by atoms with van der Waals surface area (Å²) >= 11 is 6.19. The van der Waals surface area contributed by atoms with E-state index in [2.05, 4.69) is 5.32 Å². The van der Waals surface area contributed by atoms with Gasteiger partial charge in [0.1, 0.15) is 35.7 Å². The van der Waals surface area contributed by atoms with Crippen LogP contribution in [0.1, 0.15) is 42.6 Å². The molecule has 2 aliphatic rings. The molecule has 3 amide bonds. The summed E-state index contributed by atoms with van der Waals surface area (Å²) in [5, 5.41) is 3.32. The number of nitrogens with zero attached hydrogens (tertiary/aromatic N) is 3. The summed E-state index contributed by atoms with van der Waals surface area (Å²) in [6.07, 6.45) is -0.172. The Bertz CT molecular complexity index is 1450. The number of hydrogen-bond donors (Lipinski definition) is 1. The summed E-state index contributed by atoms with van der Waals surface area (Å²) in [5.41, 5.74) is 1.93. The second-order valence-corrected chi connectivity index (χ2v) is 10.3. The van der Waals surface area contributed by atoms with E-state index in [9.17, 15) is 14.0 Å².